The number of aryl methyl sites for hydroxylation is 3. The van der Waals surface area contributed by atoms with Gasteiger partial charge in [-0.3, -0.25) is 9.59 Å². The topological polar surface area (TPSA) is 93.7 Å². The molecule has 0 heterocycles. The van der Waals surface area contributed by atoms with Gasteiger partial charge in [-0.25, -0.2) is 4.79 Å². The highest BCUT2D eigenvalue weighted by molar-refractivity contribution is 5.98. The maximum absolute atomic E-state index is 12.4. The number of hydrogen-bond donors (Lipinski definition) is 2. The lowest BCUT2D eigenvalue weighted by molar-refractivity contribution is -0.119. The van der Waals surface area contributed by atoms with E-state index in [0.29, 0.717) is 22.7 Å². The molecule has 0 unspecified atom stereocenters. The van der Waals surface area contributed by atoms with Crippen molar-refractivity contribution >= 4 is 29.2 Å². The van der Waals surface area contributed by atoms with E-state index in [2.05, 4.69) is 10.6 Å². The average molecular weight is 384 g/mol. The molecule has 2 aromatic rings. The molecule has 0 spiro atoms. The number of hydrogen-bond acceptors (Lipinski definition) is 5. The van der Waals surface area contributed by atoms with E-state index in [1.54, 1.807) is 18.2 Å². The van der Waals surface area contributed by atoms with Crippen molar-refractivity contribution in [1.82, 2.24) is 0 Å². The van der Waals surface area contributed by atoms with Crippen molar-refractivity contribution in [3.8, 4) is 5.75 Å². The van der Waals surface area contributed by atoms with Crippen molar-refractivity contribution in [2.24, 2.45) is 0 Å². The predicted molar refractivity (Wildman–Crippen MR) is 107 cm³/mol. The molecule has 2 amide bonds. The molecule has 7 nitrogen and oxygen atoms in total. The summed E-state index contributed by atoms with van der Waals surface area (Å²) in [7, 11) is 1.46. The number of rotatable bonds is 6. The van der Waals surface area contributed by atoms with Crippen LogP contribution >= 0.6 is 0 Å². The summed E-state index contributed by atoms with van der Waals surface area (Å²) in [5.74, 6) is -0.891. The summed E-state index contributed by atoms with van der Waals surface area (Å²) >= 11 is 0. The van der Waals surface area contributed by atoms with Crippen LogP contribution in [0.1, 0.15) is 34.0 Å². The minimum absolute atomic E-state index is 0.236. The molecular formula is C21H24N2O5. The first-order valence-electron chi connectivity index (χ1n) is 8.71. The van der Waals surface area contributed by atoms with Gasteiger partial charge in [0.1, 0.15) is 5.75 Å². The molecule has 0 fully saturated rings. The Balaban J connectivity index is 2.06. The largest absolute Gasteiger partial charge is 0.495 e. The van der Waals surface area contributed by atoms with Crippen LogP contribution in [0.2, 0.25) is 0 Å². The van der Waals surface area contributed by atoms with E-state index < -0.39 is 18.5 Å². The van der Waals surface area contributed by atoms with Gasteiger partial charge in [0.25, 0.3) is 5.91 Å². The standard InChI is InChI=1S/C21H24N2O5/c1-12-8-13(2)20(14(3)9-12)21(26)28-11-19(25)23-17-10-16(22-15(4)24)6-7-18(17)27-5/h6-10H,11H2,1-5H3,(H,22,24)(H,23,25). The van der Waals surface area contributed by atoms with E-state index in [-0.39, 0.29) is 5.91 Å². The van der Waals surface area contributed by atoms with Gasteiger partial charge >= 0.3 is 5.97 Å². The molecule has 28 heavy (non-hydrogen) atoms. The molecule has 0 aliphatic heterocycles. The Labute approximate surface area is 164 Å². The van der Waals surface area contributed by atoms with Crippen molar-refractivity contribution in [1.29, 1.82) is 0 Å². The summed E-state index contributed by atoms with van der Waals surface area (Å²) < 4.78 is 10.4. The zero-order valence-corrected chi connectivity index (χ0v) is 16.6. The minimum Gasteiger partial charge on any atom is -0.495 e. The second-order valence-electron chi connectivity index (χ2n) is 6.49. The molecule has 0 saturated carbocycles. The smallest absolute Gasteiger partial charge is 0.339 e. The molecule has 0 aliphatic carbocycles. The average Bonchev–Trinajstić information content (AvgIpc) is 2.59. The first-order chi connectivity index (χ1) is 13.2. The van der Waals surface area contributed by atoms with Crippen LogP contribution in [-0.4, -0.2) is 31.5 Å². The van der Waals surface area contributed by atoms with E-state index in [0.717, 1.165) is 16.7 Å². The third-order valence-electron chi connectivity index (χ3n) is 4.01. The van der Waals surface area contributed by atoms with Crippen molar-refractivity contribution in [3.05, 3.63) is 52.6 Å². The summed E-state index contributed by atoms with van der Waals surface area (Å²) in [5.41, 5.74) is 3.98. The number of esters is 1. The third-order valence-corrected chi connectivity index (χ3v) is 4.01. The highest BCUT2D eigenvalue weighted by Crippen LogP contribution is 2.28. The first kappa shape index (κ1) is 21.0. The molecule has 0 atom stereocenters. The molecule has 0 aliphatic rings. The number of nitrogens with one attached hydrogen (secondary N) is 2. The van der Waals surface area contributed by atoms with Crippen LogP contribution in [0.4, 0.5) is 11.4 Å². The number of benzene rings is 2. The molecule has 2 aromatic carbocycles. The highest BCUT2D eigenvalue weighted by atomic mass is 16.5. The Kier molecular flexibility index (Phi) is 6.76. The molecule has 2 N–H and O–H groups in total. The van der Waals surface area contributed by atoms with Gasteiger partial charge in [0.05, 0.1) is 18.4 Å². The molecule has 0 bridgehead atoms. The lowest BCUT2D eigenvalue weighted by atomic mass is 10.00. The second-order valence-corrected chi connectivity index (χ2v) is 6.49. The monoisotopic (exact) mass is 384 g/mol. The number of carbonyl (C=O) groups excluding carboxylic acids is 3. The van der Waals surface area contributed by atoms with Crippen LogP contribution in [0.5, 0.6) is 5.75 Å². The fourth-order valence-electron chi connectivity index (χ4n) is 2.98. The third kappa shape index (κ3) is 5.33. The fourth-order valence-corrected chi connectivity index (χ4v) is 2.98. The first-order valence-corrected chi connectivity index (χ1v) is 8.71. The normalized spacial score (nSPS) is 10.2. The van der Waals surface area contributed by atoms with Crippen molar-refractivity contribution in [2.45, 2.75) is 27.7 Å². The fraction of sp³-hybridized carbons (Fsp3) is 0.286. The maximum atomic E-state index is 12.4. The van der Waals surface area contributed by atoms with Gasteiger partial charge < -0.3 is 20.1 Å². The number of methoxy groups -OCH3 is 1. The van der Waals surface area contributed by atoms with Crippen LogP contribution in [0, 0.1) is 20.8 Å². The Bertz CT molecular complexity index is 898. The Morgan fingerprint density at radius 3 is 2.18 bits per heavy atom. The molecule has 0 radical (unpaired) electrons. The number of ether oxygens (including phenoxy) is 2. The maximum Gasteiger partial charge on any atom is 0.339 e. The quantitative estimate of drug-likeness (QED) is 0.745. The van der Waals surface area contributed by atoms with Gasteiger partial charge in [0.15, 0.2) is 6.61 Å². The summed E-state index contributed by atoms with van der Waals surface area (Å²) in [6.07, 6.45) is 0. The van der Waals surface area contributed by atoms with Crippen LogP contribution in [0.25, 0.3) is 0 Å². The summed E-state index contributed by atoms with van der Waals surface area (Å²) in [6.45, 7) is 6.55. The van der Waals surface area contributed by atoms with E-state index in [1.807, 2.05) is 32.9 Å². The zero-order valence-electron chi connectivity index (χ0n) is 16.6. The number of anilines is 2. The van der Waals surface area contributed by atoms with Crippen LogP contribution in [0.15, 0.2) is 30.3 Å². The highest BCUT2D eigenvalue weighted by Gasteiger charge is 2.17. The van der Waals surface area contributed by atoms with Gasteiger partial charge in [-0.1, -0.05) is 17.7 Å². The van der Waals surface area contributed by atoms with Crippen LogP contribution in [0.3, 0.4) is 0 Å². The molecule has 2 rings (SSSR count). The van der Waals surface area contributed by atoms with Gasteiger partial charge in [-0.05, 0) is 50.1 Å². The van der Waals surface area contributed by atoms with Gasteiger partial charge in [-0.15, -0.1) is 0 Å². The van der Waals surface area contributed by atoms with Crippen molar-refractivity contribution in [3.63, 3.8) is 0 Å². The molecule has 7 heteroatoms. The van der Waals surface area contributed by atoms with E-state index in [4.69, 9.17) is 9.47 Å². The molecule has 0 aromatic heterocycles. The number of amides is 2. The van der Waals surface area contributed by atoms with Crippen LogP contribution in [-0.2, 0) is 14.3 Å². The summed E-state index contributed by atoms with van der Waals surface area (Å²) in [5, 5.41) is 5.26. The van der Waals surface area contributed by atoms with E-state index in [1.165, 1.54) is 14.0 Å². The van der Waals surface area contributed by atoms with Gasteiger partial charge in [0, 0.05) is 12.6 Å². The Hall–Kier alpha value is -3.35. The predicted octanol–water partition coefficient (Wildman–Crippen LogP) is 3.37. The second kappa shape index (κ2) is 9.03. The minimum atomic E-state index is -0.552. The van der Waals surface area contributed by atoms with Gasteiger partial charge in [0.2, 0.25) is 5.91 Å². The van der Waals surface area contributed by atoms with Gasteiger partial charge in [-0.2, -0.15) is 0 Å². The molecule has 148 valence electrons. The Morgan fingerprint density at radius 1 is 0.964 bits per heavy atom. The number of carbonyl (C=O) groups is 3. The van der Waals surface area contributed by atoms with E-state index in [9.17, 15) is 14.4 Å². The van der Waals surface area contributed by atoms with E-state index >= 15 is 0 Å². The summed E-state index contributed by atoms with van der Waals surface area (Å²) in [4.78, 5) is 35.8. The van der Waals surface area contributed by atoms with Crippen molar-refractivity contribution < 1.29 is 23.9 Å². The lowest BCUT2D eigenvalue weighted by Gasteiger charge is -2.13. The molecular weight excluding hydrogens is 360 g/mol. The Morgan fingerprint density at radius 2 is 1.61 bits per heavy atom. The molecule has 0 saturated heterocycles. The SMILES string of the molecule is COc1ccc(NC(C)=O)cc1NC(=O)COC(=O)c1c(C)cc(C)cc1C. The zero-order chi connectivity index (χ0) is 20.8. The van der Waals surface area contributed by atoms with Crippen molar-refractivity contribution in [2.75, 3.05) is 24.4 Å². The lowest BCUT2D eigenvalue weighted by Crippen LogP contribution is -2.22. The van der Waals surface area contributed by atoms with Crippen LogP contribution < -0.4 is 15.4 Å². The summed E-state index contributed by atoms with van der Waals surface area (Å²) in [6, 6.07) is 8.61.